The molecule has 11 heteroatoms. The molecule has 1 heterocycles. The second kappa shape index (κ2) is 10.3. The molecular formula is C16H21N7O3S. The number of amidine groups is 1. The Bertz CT molecular complexity index is 799. The summed E-state index contributed by atoms with van der Waals surface area (Å²) >= 11 is 0. The summed E-state index contributed by atoms with van der Waals surface area (Å²) in [6.07, 6.45) is 4.71. The van der Waals surface area contributed by atoms with Crippen molar-refractivity contribution in [2.24, 2.45) is 16.7 Å². The van der Waals surface area contributed by atoms with Crippen LogP contribution in [0.3, 0.4) is 0 Å². The number of esters is 1. The molecule has 1 atom stereocenters. The second-order valence-corrected chi connectivity index (χ2v) is 6.50. The highest BCUT2D eigenvalue weighted by molar-refractivity contribution is 7.83. The Hall–Kier alpha value is -2.89. The van der Waals surface area contributed by atoms with Crippen molar-refractivity contribution in [3.05, 3.63) is 54.1 Å². The highest BCUT2D eigenvalue weighted by Crippen LogP contribution is 2.08. The maximum Gasteiger partial charge on any atom is 0.320 e. The molecule has 0 aliphatic rings. The number of benzene rings is 1. The van der Waals surface area contributed by atoms with Gasteiger partial charge >= 0.3 is 5.97 Å². The van der Waals surface area contributed by atoms with E-state index >= 15 is 0 Å². The van der Waals surface area contributed by atoms with Crippen LogP contribution in [0.2, 0.25) is 0 Å². The van der Waals surface area contributed by atoms with Crippen molar-refractivity contribution in [1.82, 2.24) is 19.8 Å². The molecule has 0 saturated heterocycles. The fourth-order valence-corrected chi connectivity index (χ4v) is 2.78. The lowest BCUT2D eigenvalue weighted by atomic mass is 10.2. The van der Waals surface area contributed by atoms with Crippen LogP contribution in [0.1, 0.15) is 18.2 Å². The molecule has 27 heavy (non-hydrogen) atoms. The van der Waals surface area contributed by atoms with Gasteiger partial charge in [-0.25, -0.2) is 19.9 Å². The molecule has 5 N–H and O–H groups in total. The van der Waals surface area contributed by atoms with Crippen molar-refractivity contribution < 1.29 is 13.7 Å². The van der Waals surface area contributed by atoms with Gasteiger partial charge in [0, 0.05) is 18.0 Å². The van der Waals surface area contributed by atoms with Crippen LogP contribution in [0.4, 0.5) is 0 Å². The lowest BCUT2D eigenvalue weighted by molar-refractivity contribution is -0.141. The van der Waals surface area contributed by atoms with E-state index in [4.69, 9.17) is 16.3 Å². The summed E-state index contributed by atoms with van der Waals surface area (Å²) in [5.41, 5.74) is 7.20. The number of ether oxygens (including phenoxy) is 1. The van der Waals surface area contributed by atoms with Crippen LogP contribution in [-0.4, -0.2) is 44.3 Å². The third-order valence-corrected chi connectivity index (χ3v) is 4.30. The fraction of sp³-hybridized carbons (Fsp3) is 0.250. The average Bonchev–Trinajstić information content (AvgIpc) is 2.67. The number of rotatable bonds is 9. The van der Waals surface area contributed by atoms with Gasteiger partial charge in [0.1, 0.15) is 17.5 Å². The Labute approximate surface area is 159 Å². The Morgan fingerprint density at radius 3 is 2.70 bits per heavy atom. The van der Waals surface area contributed by atoms with E-state index in [9.17, 15) is 9.00 Å². The van der Waals surface area contributed by atoms with Gasteiger partial charge in [-0.05, 0) is 31.2 Å². The maximum absolute atomic E-state index is 12.1. The minimum absolute atomic E-state index is 0.143. The molecule has 1 unspecified atom stereocenters. The molecule has 0 radical (unpaired) electrons. The van der Waals surface area contributed by atoms with Crippen molar-refractivity contribution in [2.75, 3.05) is 13.2 Å². The van der Waals surface area contributed by atoms with Gasteiger partial charge < -0.3 is 10.5 Å². The molecule has 0 aliphatic heterocycles. The van der Waals surface area contributed by atoms with Gasteiger partial charge in [0.2, 0.25) is 0 Å². The topological polar surface area (TPSA) is 149 Å². The zero-order chi connectivity index (χ0) is 19.6. The van der Waals surface area contributed by atoms with Crippen LogP contribution in [0.15, 0.2) is 52.9 Å². The average molecular weight is 391 g/mol. The first-order valence-electron chi connectivity index (χ1n) is 8.02. The summed E-state index contributed by atoms with van der Waals surface area (Å²) in [5, 5.41) is 5.24. The standard InChI is InChI=1S/C16H21N7O3S/c1-2-26-15(24)10-21-27(25)14-5-3-12(4-6-14)16(17)22-23(18)11-13-9-19-7-8-20-13/h3-9,21H,2,10-11,18H2,1H3,(H2,17,22). The van der Waals surface area contributed by atoms with Crippen molar-refractivity contribution >= 4 is 22.8 Å². The lowest BCUT2D eigenvalue weighted by Crippen LogP contribution is -2.29. The molecule has 144 valence electrons. The molecule has 0 amide bonds. The van der Waals surface area contributed by atoms with E-state index in [1.807, 2.05) is 0 Å². The predicted octanol–water partition coefficient (Wildman–Crippen LogP) is -0.352. The smallest absolute Gasteiger partial charge is 0.320 e. The van der Waals surface area contributed by atoms with Crippen molar-refractivity contribution in [3.63, 3.8) is 0 Å². The third kappa shape index (κ3) is 6.73. The molecule has 0 saturated carbocycles. The van der Waals surface area contributed by atoms with Gasteiger partial charge in [0.05, 0.1) is 29.9 Å². The Balaban J connectivity index is 1.94. The quantitative estimate of drug-likeness (QED) is 0.173. The molecule has 2 aromatic rings. The van der Waals surface area contributed by atoms with E-state index in [1.54, 1.807) is 49.8 Å². The second-order valence-electron chi connectivity index (χ2n) is 5.20. The van der Waals surface area contributed by atoms with E-state index < -0.39 is 17.0 Å². The maximum atomic E-state index is 12.1. The molecule has 0 bridgehead atoms. The highest BCUT2D eigenvalue weighted by atomic mass is 32.2. The van der Waals surface area contributed by atoms with Crippen molar-refractivity contribution in [3.8, 4) is 0 Å². The minimum atomic E-state index is -1.55. The molecule has 10 nitrogen and oxygen atoms in total. The number of nitrogens with one attached hydrogen (secondary N) is 1. The predicted molar refractivity (Wildman–Crippen MR) is 100.0 cm³/mol. The number of hydrogen-bond acceptors (Lipinski definition) is 8. The number of hydrazone groups is 1. The lowest BCUT2D eigenvalue weighted by Gasteiger charge is -2.13. The third-order valence-electron chi connectivity index (χ3n) is 3.19. The summed E-state index contributed by atoms with van der Waals surface area (Å²) in [6.45, 7) is 2.08. The molecular weight excluding hydrogens is 370 g/mol. The monoisotopic (exact) mass is 391 g/mol. The number of hydrogen-bond donors (Lipinski definition) is 3. The summed E-state index contributed by atoms with van der Waals surface area (Å²) in [6, 6.07) is 6.56. The van der Waals surface area contributed by atoms with Gasteiger partial charge in [-0.2, -0.15) is 0 Å². The van der Waals surface area contributed by atoms with Gasteiger partial charge in [0.15, 0.2) is 5.84 Å². The molecule has 0 aliphatic carbocycles. The van der Waals surface area contributed by atoms with Crippen molar-refractivity contribution in [1.29, 1.82) is 0 Å². The SMILES string of the molecule is CCOC(=O)CNS(=O)c1ccc(/C(N)=N/N(N)Cc2cnccn2)cc1. The van der Waals surface area contributed by atoms with Crippen LogP contribution in [0.5, 0.6) is 0 Å². The Morgan fingerprint density at radius 2 is 2.07 bits per heavy atom. The number of nitrogens with zero attached hydrogens (tertiary/aromatic N) is 4. The van der Waals surface area contributed by atoms with Crippen LogP contribution in [0.25, 0.3) is 0 Å². The zero-order valence-corrected chi connectivity index (χ0v) is 15.6. The molecule has 2 rings (SSSR count). The zero-order valence-electron chi connectivity index (χ0n) is 14.7. The van der Waals surface area contributed by atoms with Crippen LogP contribution < -0.4 is 16.3 Å². The highest BCUT2D eigenvalue weighted by Gasteiger charge is 2.09. The summed E-state index contributed by atoms with van der Waals surface area (Å²) in [4.78, 5) is 19.8. The molecule has 1 aromatic heterocycles. The summed E-state index contributed by atoms with van der Waals surface area (Å²) in [7, 11) is -1.55. The van der Waals surface area contributed by atoms with Crippen LogP contribution in [-0.2, 0) is 27.1 Å². The number of nitrogens with two attached hydrogens (primary N) is 2. The fourth-order valence-electron chi connectivity index (χ4n) is 1.98. The van der Waals surface area contributed by atoms with E-state index in [1.165, 1.54) is 0 Å². The largest absolute Gasteiger partial charge is 0.465 e. The Morgan fingerprint density at radius 1 is 1.33 bits per heavy atom. The van der Waals surface area contributed by atoms with Crippen LogP contribution in [0, 0.1) is 0 Å². The van der Waals surface area contributed by atoms with E-state index in [-0.39, 0.29) is 25.5 Å². The van der Waals surface area contributed by atoms with E-state index in [0.717, 1.165) is 5.12 Å². The van der Waals surface area contributed by atoms with Gasteiger partial charge in [0.25, 0.3) is 0 Å². The van der Waals surface area contributed by atoms with Crippen LogP contribution >= 0.6 is 0 Å². The minimum Gasteiger partial charge on any atom is -0.465 e. The first kappa shape index (κ1) is 20.4. The summed E-state index contributed by atoms with van der Waals surface area (Å²) in [5.74, 6) is 5.54. The molecule has 0 spiro atoms. The van der Waals surface area contributed by atoms with Gasteiger partial charge in [-0.1, -0.05) is 0 Å². The Kier molecular flexibility index (Phi) is 7.79. The van der Waals surface area contributed by atoms with Gasteiger partial charge in [-0.3, -0.25) is 14.8 Å². The number of aromatic nitrogens is 2. The van der Waals surface area contributed by atoms with E-state index in [2.05, 4.69) is 19.8 Å². The normalized spacial score (nSPS) is 12.4. The van der Waals surface area contributed by atoms with Crippen molar-refractivity contribution in [2.45, 2.75) is 18.4 Å². The first-order valence-corrected chi connectivity index (χ1v) is 9.17. The number of carbonyl (C=O) groups is 1. The summed E-state index contributed by atoms with van der Waals surface area (Å²) < 4.78 is 19.5. The van der Waals surface area contributed by atoms with Gasteiger partial charge in [-0.15, -0.1) is 5.10 Å². The first-order chi connectivity index (χ1) is 13.0. The van der Waals surface area contributed by atoms with E-state index in [0.29, 0.717) is 16.2 Å². The molecule has 0 fully saturated rings. The molecule has 1 aromatic carbocycles. The number of hydrazine groups is 1. The number of carbonyl (C=O) groups excluding carboxylic acids is 1.